The molecule has 0 aromatic heterocycles. The lowest BCUT2D eigenvalue weighted by Crippen LogP contribution is -2.43. The van der Waals surface area contributed by atoms with Crippen LogP contribution >= 0.6 is 11.6 Å². The molecule has 27 heavy (non-hydrogen) atoms. The van der Waals surface area contributed by atoms with Gasteiger partial charge in [0.1, 0.15) is 6.04 Å². The highest BCUT2D eigenvalue weighted by atomic mass is 35.5. The first-order chi connectivity index (χ1) is 12.4. The molecule has 5 nitrogen and oxygen atoms in total. The third-order valence-corrected chi connectivity index (χ3v) is 6.03. The third-order valence-electron chi connectivity index (χ3n) is 3.90. The Hall–Kier alpha value is -2.10. The van der Waals surface area contributed by atoms with Crippen LogP contribution in [0, 0.1) is 0 Å². The SMILES string of the molecule is CN([C@H](Cc1cccc(C(F)(F)F)c1)C(=O)O)S(=O)(=O)c1ccc(Cl)cc1. The van der Waals surface area contributed by atoms with Crippen LogP contribution < -0.4 is 0 Å². The molecule has 0 radical (unpaired) electrons. The van der Waals surface area contributed by atoms with Crippen LogP contribution in [0.3, 0.4) is 0 Å². The summed E-state index contributed by atoms with van der Waals surface area (Å²) in [6, 6.07) is 7.64. The van der Waals surface area contributed by atoms with E-state index in [0.717, 1.165) is 25.2 Å². The molecule has 1 atom stereocenters. The van der Waals surface area contributed by atoms with Gasteiger partial charge in [-0.3, -0.25) is 4.79 Å². The zero-order valence-electron chi connectivity index (χ0n) is 13.9. The van der Waals surface area contributed by atoms with E-state index in [2.05, 4.69) is 0 Å². The van der Waals surface area contributed by atoms with E-state index in [9.17, 15) is 31.5 Å². The number of aliphatic carboxylic acids is 1. The number of halogens is 4. The zero-order valence-corrected chi connectivity index (χ0v) is 15.5. The van der Waals surface area contributed by atoms with Gasteiger partial charge >= 0.3 is 12.1 Å². The summed E-state index contributed by atoms with van der Waals surface area (Å²) in [5, 5.41) is 9.74. The highest BCUT2D eigenvalue weighted by molar-refractivity contribution is 7.89. The molecule has 2 rings (SSSR count). The number of benzene rings is 2. The number of hydrogen-bond acceptors (Lipinski definition) is 3. The van der Waals surface area contributed by atoms with Crippen LogP contribution in [0.2, 0.25) is 5.02 Å². The lowest BCUT2D eigenvalue weighted by Gasteiger charge is -2.24. The highest BCUT2D eigenvalue weighted by Gasteiger charge is 2.34. The van der Waals surface area contributed by atoms with Gasteiger partial charge in [0, 0.05) is 12.1 Å². The van der Waals surface area contributed by atoms with Crippen molar-refractivity contribution in [2.24, 2.45) is 0 Å². The van der Waals surface area contributed by atoms with E-state index < -0.39 is 40.2 Å². The summed E-state index contributed by atoms with van der Waals surface area (Å²) < 4.78 is 64.4. The van der Waals surface area contributed by atoms with Gasteiger partial charge in [0.2, 0.25) is 10.0 Å². The fraction of sp³-hybridized carbons (Fsp3) is 0.235. The lowest BCUT2D eigenvalue weighted by molar-refractivity contribution is -0.141. The number of alkyl halides is 3. The van der Waals surface area contributed by atoms with Gasteiger partial charge in [0.25, 0.3) is 0 Å². The topological polar surface area (TPSA) is 74.7 Å². The number of carboxylic acid groups (broad SMARTS) is 1. The van der Waals surface area contributed by atoms with Crippen molar-refractivity contribution in [3.05, 3.63) is 64.7 Å². The van der Waals surface area contributed by atoms with Crippen molar-refractivity contribution < 1.29 is 31.5 Å². The molecule has 0 unspecified atom stereocenters. The maximum absolute atomic E-state index is 12.8. The Labute approximate surface area is 159 Å². The van der Waals surface area contributed by atoms with Crippen LogP contribution in [0.4, 0.5) is 13.2 Å². The quantitative estimate of drug-likeness (QED) is 0.772. The number of hydrogen-bond donors (Lipinski definition) is 1. The monoisotopic (exact) mass is 421 g/mol. The fourth-order valence-corrected chi connectivity index (χ4v) is 3.85. The molecular formula is C17H15ClF3NO4S. The molecule has 0 spiro atoms. The summed E-state index contributed by atoms with van der Waals surface area (Å²) in [7, 11) is -3.12. The summed E-state index contributed by atoms with van der Waals surface area (Å²) in [5.74, 6) is -1.48. The van der Waals surface area contributed by atoms with E-state index in [4.69, 9.17) is 11.6 Å². The maximum atomic E-state index is 12.8. The minimum Gasteiger partial charge on any atom is -0.480 e. The van der Waals surface area contributed by atoms with E-state index in [1.54, 1.807) is 0 Å². The van der Waals surface area contributed by atoms with Crippen molar-refractivity contribution >= 4 is 27.6 Å². The second-order valence-corrected chi connectivity index (χ2v) is 8.17. The van der Waals surface area contributed by atoms with Crippen molar-refractivity contribution in [2.45, 2.75) is 23.5 Å². The largest absolute Gasteiger partial charge is 0.480 e. The Kier molecular flexibility index (Phi) is 6.18. The molecule has 0 aliphatic heterocycles. The summed E-state index contributed by atoms with van der Waals surface area (Å²) in [5.41, 5.74) is -0.886. The number of rotatable bonds is 6. The first kappa shape index (κ1) is 21.2. The average Bonchev–Trinajstić information content (AvgIpc) is 2.58. The zero-order chi connectivity index (χ0) is 20.4. The molecular weight excluding hydrogens is 407 g/mol. The predicted octanol–water partition coefficient (Wildman–Crippen LogP) is 3.68. The molecule has 146 valence electrons. The number of sulfonamides is 1. The van der Waals surface area contributed by atoms with Crippen LogP contribution in [-0.4, -0.2) is 36.9 Å². The Morgan fingerprint density at radius 2 is 1.78 bits per heavy atom. The van der Waals surface area contributed by atoms with E-state index >= 15 is 0 Å². The van der Waals surface area contributed by atoms with Gasteiger partial charge in [-0.05, 0) is 42.3 Å². The van der Waals surface area contributed by atoms with E-state index in [-0.39, 0.29) is 10.5 Å². The van der Waals surface area contributed by atoms with Crippen LogP contribution in [0.25, 0.3) is 0 Å². The predicted molar refractivity (Wildman–Crippen MR) is 93.0 cm³/mol. The standard InChI is InChI=1S/C17H15ClF3NO4S/c1-22(27(25,26)14-7-5-13(18)6-8-14)15(16(23)24)10-11-3-2-4-12(9-11)17(19,20)21/h2-9,15H,10H2,1H3,(H,23,24)/t15-/m1/s1. The highest BCUT2D eigenvalue weighted by Crippen LogP contribution is 2.30. The van der Waals surface area contributed by atoms with E-state index in [0.29, 0.717) is 9.33 Å². The minimum absolute atomic E-state index is 0.0513. The molecule has 0 fully saturated rings. The fourth-order valence-electron chi connectivity index (χ4n) is 2.41. The molecule has 2 aromatic carbocycles. The molecule has 0 bridgehead atoms. The van der Waals surface area contributed by atoms with Crippen molar-refractivity contribution in [2.75, 3.05) is 7.05 Å². The van der Waals surface area contributed by atoms with Crippen LogP contribution in [-0.2, 0) is 27.4 Å². The van der Waals surface area contributed by atoms with Crippen molar-refractivity contribution in [1.82, 2.24) is 4.31 Å². The number of carbonyl (C=O) groups is 1. The Balaban J connectivity index is 2.35. The number of nitrogens with zero attached hydrogens (tertiary/aromatic N) is 1. The van der Waals surface area contributed by atoms with Gasteiger partial charge in [-0.25, -0.2) is 8.42 Å². The van der Waals surface area contributed by atoms with Crippen LogP contribution in [0.1, 0.15) is 11.1 Å². The van der Waals surface area contributed by atoms with Gasteiger partial charge in [0.15, 0.2) is 0 Å². The average molecular weight is 422 g/mol. The molecule has 0 aliphatic carbocycles. The second-order valence-electron chi connectivity index (χ2n) is 5.73. The maximum Gasteiger partial charge on any atom is 0.416 e. The number of carboxylic acids is 1. The van der Waals surface area contributed by atoms with Gasteiger partial charge in [-0.2, -0.15) is 17.5 Å². The summed E-state index contributed by atoms with van der Waals surface area (Å²) in [4.78, 5) is 11.4. The minimum atomic E-state index is -4.59. The van der Waals surface area contributed by atoms with Gasteiger partial charge in [-0.15, -0.1) is 0 Å². The number of likely N-dealkylation sites (N-methyl/N-ethyl adjacent to an activating group) is 1. The molecule has 0 heterocycles. The van der Waals surface area contributed by atoms with Gasteiger partial charge in [0.05, 0.1) is 10.5 Å². The molecule has 0 amide bonds. The van der Waals surface area contributed by atoms with E-state index in [1.807, 2.05) is 0 Å². The first-order valence-electron chi connectivity index (χ1n) is 7.55. The normalized spacial score (nSPS) is 13.6. The van der Waals surface area contributed by atoms with Crippen LogP contribution in [0.5, 0.6) is 0 Å². The van der Waals surface area contributed by atoms with Crippen molar-refractivity contribution in [3.63, 3.8) is 0 Å². The third kappa shape index (κ3) is 5.00. The summed E-state index contributed by atoms with van der Waals surface area (Å²) >= 11 is 5.72. The van der Waals surface area contributed by atoms with Crippen molar-refractivity contribution in [3.8, 4) is 0 Å². The molecule has 0 aliphatic rings. The van der Waals surface area contributed by atoms with E-state index in [1.165, 1.54) is 30.3 Å². The summed E-state index contributed by atoms with van der Waals surface area (Å²) in [6.07, 6.45) is -5.02. The molecule has 2 aromatic rings. The molecule has 0 saturated carbocycles. The van der Waals surface area contributed by atoms with Crippen LogP contribution in [0.15, 0.2) is 53.4 Å². The van der Waals surface area contributed by atoms with Gasteiger partial charge < -0.3 is 5.11 Å². The van der Waals surface area contributed by atoms with Gasteiger partial charge in [-0.1, -0.05) is 29.8 Å². The Morgan fingerprint density at radius 1 is 1.19 bits per heavy atom. The smallest absolute Gasteiger partial charge is 0.416 e. The molecule has 10 heteroatoms. The first-order valence-corrected chi connectivity index (χ1v) is 9.37. The van der Waals surface area contributed by atoms with Crippen molar-refractivity contribution in [1.29, 1.82) is 0 Å². The lowest BCUT2D eigenvalue weighted by atomic mass is 10.0. The Morgan fingerprint density at radius 3 is 2.30 bits per heavy atom. The second kappa shape index (κ2) is 7.87. The molecule has 1 N–H and O–H groups in total. The Bertz CT molecular complexity index is 930. The molecule has 0 saturated heterocycles. The summed E-state index contributed by atoms with van der Waals surface area (Å²) in [6.45, 7) is 0.